The van der Waals surface area contributed by atoms with Crippen LogP contribution in [0.3, 0.4) is 0 Å². The number of nitrogens with one attached hydrogen (secondary N) is 1. The lowest BCUT2D eigenvalue weighted by Crippen LogP contribution is -2.36. The Morgan fingerprint density at radius 2 is 1.88 bits per heavy atom. The minimum Gasteiger partial charge on any atom is -0.349 e. The van der Waals surface area contributed by atoms with Gasteiger partial charge in [-0.25, -0.2) is 0 Å². The second-order valence-electron chi connectivity index (χ2n) is 5.11. The molecule has 0 unspecified atom stereocenters. The van der Waals surface area contributed by atoms with Crippen LogP contribution in [0.5, 0.6) is 0 Å². The molecule has 1 amide bonds. The molecule has 0 aliphatic rings. The van der Waals surface area contributed by atoms with E-state index in [0.717, 1.165) is 5.56 Å². The topological polar surface area (TPSA) is 29.1 Å². The monoisotopic (exact) mass is 273 g/mol. The Bertz CT molecular complexity index is 424. The van der Waals surface area contributed by atoms with E-state index in [1.54, 1.807) is 12.1 Å². The smallest absolute Gasteiger partial charge is 0.225 e. The molecule has 0 aliphatic carbocycles. The average Bonchev–Trinajstić information content (AvgIpc) is 2.15. The van der Waals surface area contributed by atoms with Crippen molar-refractivity contribution in [2.75, 3.05) is 0 Å². The van der Waals surface area contributed by atoms with Crippen molar-refractivity contribution in [3.63, 3.8) is 0 Å². The highest BCUT2D eigenvalue weighted by molar-refractivity contribution is 6.35. The van der Waals surface area contributed by atoms with Gasteiger partial charge in [-0.15, -0.1) is 0 Å². The molecule has 0 saturated carbocycles. The lowest BCUT2D eigenvalue weighted by atomic mass is 9.94. The molecule has 0 radical (unpaired) electrons. The highest BCUT2D eigenvalue weighted by Crippen LogP contribution is 2.27. The number of hydrogen-bond donors (Lipinski definition) is 1. The Hall–Kier alpha value is -0.730. The largest absolute Gasteiger partial charge is 0.349 e. The van der Waals surface area contributed by atoms with E-state index in [1.165, 1.54) is 0 Å². The summed E-state index contributed by atoms with van der Waals surface area (Å²) in [6.45, 7) is 7.52. The first-order chi connectivity index (χ1) is 7.71. The van der Waals surface area contributed by atoms with E-state index in [4.69, 9.17) is 23.2 Å². The molecular formula is C13H17Cl2NO. The number of rotatable bonds is 2. The first-order valence-corrected chi connectivity index (χ1v) is 6.23. The van der Waals surface area contributed by atoms with E-state index >= 15 is 0 Å². The molecule has 0 fully saturated rings. The van der Waals surface area contributed by atoms with E-state index in [9.17, 15) is 4.79 Å². The Morgan fingerprint density at radius 1 is 1.29 bits per heavy atom. The third kappa shape index (κ3) is 3.90. The zero-order chi connectivity index (χ0) is 13.2. The summed E-state index contributed by atoms with van der Waals surface area (Å²) in [6.07, 6.45) is 0. The molecule has 0 bridgehead atoms. The van der Waals surface area contributed by atoms with Crippen molar-refractivity contribution < 1.29 is 4.79 Å². The maximum Gasteiger partial charge on any atom is 0.225 e. The Kier molecular flexibility index (Phi) is 4.45. The number of hydrogen-bond acceptors (Lipinski definition) is 1. The van der Waals surface area contributed by atoms with E-state index < -0.39 is 5.41 Å². The predicted molar refractivity (Wildman–Crippen MR) is 72.5 cm³/mol. The van der Waals surface area contributed by atoms with Gasteiger partial charge < -0.3 is 5.32 Å². The first kappa shape index (κ1) is 14.3. The Morgan fingerprint density at radius 3 is 2.35 bits per heavy atom. The van der Waals surface area contributed by atoms with Gasteiger partial charge in [0.15, 0.2) is 0 Å². The fourth-order valence-corrected chi connectivity index (χ4v) is 1.92. The minimum atomic E-state index is -0.410. The van der Waals surface area contributed by atoms with Crippen molar-refractivity contribution in [3.05, 3.63) is 33.8 Å². The van der Waals surface area contributed by atoms with Crippen molar-refractivity contribution in [1.82, 2.24) is 5.32 Å². The zero-order valence-corrected chi connectivity index (χ0v) is 12.0. The number of carbonyl (C=O) groups is 1. The van der Waals surface area contributed by atoms with Gasteiger partial charge in [0.1, 0.15) is 0 Å². The van der Waals surface area contributed by atoms with Gasteiger partial charge in [-0.1, -0.05) is 50.0 Å². The molecule has 1 rings (SSSR count). The minimum absolute atomic E-state index is 0.00369. The quantitative estimate of drug-likeness (QED) is 0.859. The van der Waals surface area contributed by atoms with Gasteiger partial charge in [0.2, 0.25) is 5.91 Å². The van der Waals surface area contributed by atoms with Crippen LogP contribution in [0.4, 0.5) is 0 Å². The molecule has 1 N–H and O–H groups in total. The van der Waals surface area contributed by atoms with E-state index in [-0.39, 0.29) is 11.9 Å². The van der Waals surface area contributed by atoms with Crippen LogP contribution >= 0.6 is 23.2 Å². The lowest BCUT2D eigenvalue weighted by molar-refractivity contribution is -0.129. The summed E-state index contributed by atoms with van der Waals surface area (Å²) in [5, 5.41) is 4.09. The Labute approximate surface area is 112 Å². The van der Waals surface area contributed by atoms with Crippen LogP contribution in [0.15, 0.2) is 18.2 Å². The van der Waals surface area contributed by atoms with Crippen LogP contribution in [-0.4, -0.2) is 5.91 Å². The molecule has 94 valence electrons. The van der Waals surface area contributed by atoms with Crippen LogP contribution < -0.4 is 5.32 Å². The fraction of sp³-hybridized carbons (Fsp3) is 0.462. The van der Waals surface area contributed by atoms with Gasteiger partial charge >= 0.3 is 0 Å². The summed E-state index contributed by atoms with van der Waals surface area (Å²) in [7, 11) is 0. The summed E-state index contributed by atoms with van der Waals surface area (Å²) < 4.78 is 0. The van der Waals surface area contributed by atoms with Gasteiger partial charge in [0.05, 0.1) is 6.04 Å². The standard InChI is InChI=1S/C13H17Cl2NO/c1-8(16-12(17)13(2,3)4)10-6-5-9(14)7-11(10)15/h5-8H,1-4H3,(H,16,17)/t8-/m0/s1. The maximum absolute atomic E-state index is 11.8. The summed E-state index contributed by atoms with van der Waals surface area (Å²) in [5.74, 6) is -0.00369. The molecular weight excluding hydrogens is 257 g/mol. The average molecular weight is 274 g/mol. The number of carbonyl (C=O) groups excluding carboxylic acids is 1. The highest BCUT2D eigenvalue weighted by atomic mass is 35.5. The normalized spacial score (nSPS) is 13.3. The van der Waals surface area contributed by atoms with Gasteiger partial charge in [0.25, 0.3) is 0 Å². The van der Waals surface area contributed by atoms with Crippen LogP contribution in [-0.2, 0) is 4.79 Å². The van der Waals surface area contributed by atoms with E-state index in [1.807, 2.05) is 33.8 Å². The molecule has 0 aromatic heterocycles. The number of halogens is 2. The second-order valence-corrected chi connectivity index (χ2v) is 5.95. The van der Waals surface area contributed by atoms with E-state index in [0.29, 0.717) is 10.0 Å². The van der Waals surface area contributed by atoms with Crippen molar-refractivity contribution >= 4 is 29.1 Å². The maximum atomic E-state index is 11.8. The zero-order valence-electron chi connectivity index (χ0n) is 10.5. The molecule has 0 aliphatic heterocycles. The lowest BCUT2D eigenvalue weighted by Gasteiger charge is -2.22. The van der Waals surface area contributed by atoms with Crippen molar-refractivity contribution in [3.8, 4) is 0 Å². The van der Waals surface area contributed by atoms with Gasteiger partial charge in [-0.3, -0.25) is 4.79 Å². The molecule has 0 heterocycles. The summed E-state index contributed by atoms with van der Waals surface area (Å²) >= 11 is 11.9. The predicted octanol–water partition coefficient (Wildman–Crippen LogP) is 4.22. The first-order valence-electron chi connectivity index (χ1n) is 5.47. The summed E-state index contributed by atoms with van der Waals surface area (Å²) in [6, 6.07) is 5.14. The van der Waals surface area contributed by atoms with Crippen LogP contribution in [0.1, 0.15) is 39.3 Å². The van der Waals surface area contributed by atoms with E-state index in [2.05, 4.69) is 5.32 Å². The molecule has 1 aromatic rings. The van der Waals surface area contributed by atoms with Crippen LogP contribution in [0.25, 0.3) is 0 Å². The highest BCUT2D eigenvalue weighted by Gasteiger charge is 2.23. The van der Waals surface area contributed by atoms with Crippen LogP contribution in [0, 0.1) is 5.41 Å². The summed E-state index contributed by atoms with van der Waals surface area (Å²) in [5.41, 5.74) is 0.460. The van der Waals surface area contributed by atoms with Crippen molar-refractivity contribution in [2.24, 2.45) is 5.41 Å². The third-order valence-corrected chi connectivity index (χ3v) is 3.02. The van der Waals surface area contributed by atoms with Crippen molar-refractivity contribution in [2.45, 2.75) is 33.7 Å². The van der Waals surface area contributed by atoms with Gasteiger partial charge in [0, 0.05) is 15.5 Å². The van der Waals surface area contributed by atoms with Gasteiger partial charge in [-0.05, 0) is 24.6 Å². The van der Waals surface area contributed by atoms with Crippen molar-refractivity contribution in [1.29, 1.82) is 0 Å². The van der Waals surface area contributed by atoms with Crippen LogP contribution in [0.2, 0.25) is 10.0 Å². The summed E-state index contributed by atoms with van der Waals surface area (Å²) in [4.78, 5) is 11.8. The molecule has 0 saturated heterocycles. The fourth-order valence-electron chi connectivity index (χ4n) is 1.34. The number of benzene rings is 1. The molecule has 17 heavy (non-hydrogen) atoms. The molecule has 4 heteroatoms. The number of amides is 1. The SMILES string of the molecule is C[C@H](NC(=O)C(C)(C)C)c1ccc(Cl)cc1Cl. The molecule has 1 atom stereocenters. The Balaban J connectivity index is 2.84. The molecule has 0 spiro atoms. The second kappa shape index (κ2) is 5.28. The molecule has 1 aromatic carbocycles. The van der Waals surface area contributed by atoms with Gasteiger partial charge in [-0.2, -0.15) is 0 Å². The third-order valence-electron chi connectivity index (χ3n) is 2.46. The molecule has 2 nitrogen and oxygen atoms in total.